The molecular formula is C21H21NO5S. The number of benzene rings is 1. The number of hydrogen-bond acceptors (Lipinski definition) is 7. The van der Waals surface area contributed by atoms with Crippen molar-refractivity contribution in [3.05, 3.63) is 53.2 Å². The van der Waals surface area contributed by atoms with Gasteiger partial charge in [0.1, 0.15) is 10.6 Å². The number of pyridine rings is 1. The Morgan fingerprint density at radius 1 is 1.25 bits per heavy atom. The summed E-state index contributed by atoms with van der Waals surface area (Å²) in [7, 11) is 1.37. The van der Waals surface area contributed by atoms with Crippen LogP contribution in [0.15, 0.2) is 42.7 Å². The van der Waals surface area contributed by atoms with E-state index in [1.807, 2.05) is 24.3 Å². The maximum atomic E-state index is 11.8. The summed E-state index contributed by atoms with van der Waals surface area (Å²) >= 11 is 1.33. The van der Waals surface area contributed by atoms with Gasteiger partial charge in [0.05, 0.1) is 24.6 Å². The summed E-state index contributed by atoms with van der Waals surface area (Å²) in [6, 6.07) is 9.51. The number of aromatic nitrogens is 1. The molecule has 1 saturated heterocycles. The van der Waals surface area contributed by atoms with Crippen molar-refractivity contribution in [1.29, 1.82) is 0 Å². The lowest BCUT2D eigenvalue weighted by atomic mass is 10.2. The molecule has 6 nitrogen and oxygen atoms in total. The fraction of sp³-hybridized carbons (Fsp3) is 0.333. The molecule has 1 aromatic carbocycles. The highest BCUT2D eigenvalue weighted by atomic mass is 32.1. The van der Waals surface area contributed by atoms with Crippen molar-refractivity contribution in [1.82, 2.24) is 4.98 Å². The van der Waals surface area contributed by atoms with E-state index in [1.54, 1.807) is 18.5 Å². The first-order valence-corrected chi connectivity index (χ1v) is 10.0. The zero-order chi connectivity index (χ0) is 19.3. The predicted octanol–water partition coefficient (Wildman–Crippen LogP) is 4.92. The monoisotopic (exact) mass is 399 g/mol. The van der Waals surface area contributed by atoms with Crippen LogP contribution in [0.4, 0.5) is 0 Å². The molecule has 3 aromatic rings. The lowest BCUT2D eigenvalue weighted by molar-refractivity contribution is -0.168. The summed E-state index contributed by atoms with van der Waals surface area (Å²) < 4.78 is 23.0. The lowest BCUT2D eigenvalue weighted by Crippen LogP contribution is -2.21. The molecule has 1 aliphatic heterocycles. The third-order valence-corrected chi connectivity index (χ3v) is 5.57. The molecule has 0 aliphatic carbocycles. The van der Waals surface area contributed by atoms with E-state index in [1.165, 1.54) is 18.4 Å². The number of carbonyl (C=O) groups excluding carboxylic acids is 1. The van der Waals surface area contributed by atoms with Gasteiger partial charge in [0.2, 0.25) is 0 Å². The van der Waals surface area contributed by atoms with Gasteiger partial charge in [-0.25, -0.2) is 4.79 Å². The van der Waals surface area contributed by atoms with Gasteiger partial charge in [-0.3, -0.25) is 4.98 Å². The summed E-state index contributed by atoms with van der Waals surface area (Å²) in [4.78, 5) is 16.5. The molecule has 1 unspecified atom stereocenters. The molecule has 0 radical (unpaired) electrons. The normalized spacial score (nSPS) is 16.8. The fourth-order valence-electron chi connectivity index (χ4n) is 3.03. The van der Waals surface area contributed by atoms with Gasteiger partial charge in [0, 0.05) is 18.2 Å². The van der Waals surface area contributed by atoms with Crippen LogP contribution in [0.25, 0.3) is 10.1 Å². The van der Waals surface area contributed by atoms with E-state index in [9.17, 15) is 4.79 Å². The molecule has 2 aromatic heterocycles. The Kier molecular flexibility index (Phi) is 5.85. The average molecular weight is 399 g/mol. The number of fused-ring (bicyclic) bond motifs is 1. The molecule has 0 saturated carbocycles. The van der Waals surface area contributed by atoms with Crippen LogP contribution in [-0.4, -0.2) is 31.0 Å². The molecule has 28 heavy (non-hydrogen) atoms. The van der Waals surface area contributed by atoms with Gasteiger partial charge in [0.25, 0.3) is 0 Å². The Labute approximate surface area is 167 Å². The molecule has 0 bridgehead atoms. The summed E-state index contributed by atoms with van der Waals surface area (Å²) in [5.41, 5.74) is 1.06. The van der Waals surface area contributed by atoms with E-state index >= 15 is 0 Å². The second-order valence-electron chi connectivity index (χ2n) is 6.50. The molecule has 0 amide bonds. The first kappa shape index (κ1) is 18.9. The molecule has 0 spiro atoms. The number of hydrogen-bond donors (Lipinski definition) is 0. The number of methoxy groups -OCH3 is 1. The number of rotatable bonds is 6. The van der Waals surface area contributed by atoms with Crippen molar-refractivity contribution >= 4 is 27.4 Å². The zero-order valence-electron chi connectivity index (χ0n) is 15.6. The quantitative estimate of drug-likeness (QED) is 0.548. The molecule has 4 rings (SSSR count). The first-order valence-electron chi connectivity index (χ1n) is 9.19. The van der Waals surface area contributed by atoms with Crippen LogP contribution >= 0.6 is 11.3 Å². The summed E-state index contributed by atoms with van der Waals surface area (Å²) in [5.74, 6) is 0.930. The third-order valence-electron chi connectivity index (χ3n) is 4.52. The standard InChI is InChI=1S/C21H21NO5S/c1-24-21(23)18-10-16-17(11-22-12-19(16)28-18)27-15-7-5-14(6-8-15)13-26-20-4-2-3-9-25-20/h5-8,10-12,20H,2-4,9,13H2,1H3. The van der Waals surface area contributed by atoms with E-state index < -0.39 is 0 Å². The molecule has 1 aliphatic rings. The van der Waals surface area contributed by atoms with Crippen molar-refractivity contribution in [3.63, 3.8) is 0 Å². The Morgan fingerprint density at radius 2 is 2.11 bits per heavy atom. The van der Waals surface area contributed by atoms with Gasteiger partial charge in [-0.2, -0.15) is 0 Å². The molecule has 7 heteroatoms. The Hall–Kier alpha value is -2.48. The number of ether oxygens (including phenoxy) is 4. The van der Waals surface area contributed by atoms with Crippen molar-refractivity contribution in [3.8, 4) is 11.5 Å². The minimum absolute atomic E-state index is 0.101. The van der Waals surface area contributed by atoms with Crippen LogP contribution in [0.3, 0.4) is 0 Å². The van der Waals surface area contributed by atoms with Crippen LogP contribution in [0, 0.1) is 0 Å². The lowest BCUT2D eigenvalue weighted by Gasteiger charge is -2.22. The fourth-order valence-corrected chi connectivity index (χ4v) is 3.99. The van der Waals surface area contributed by atoms with Gasteiger partial charge < -0.3 is 18.9 Å². The largest absolute Gasteiger partial charge is 0.465 e. The van der Waals surface area contributed by atoms with Gasteiger partial charge in [0.15, 0.2) is 12.0 Å². The van der Waals surface area contributed by atoms with Crippen LogP contribution in [-0.2, 0) is 20.8 Å². The molecule has 3 heterocycles. The van der Waals surface area contributed by atoms with Gasteiger partial charge >= 0.3 is 5.97 Å². The van der Waals surface area contributed by atoms with Crippen LogP contribution in [0.1, 0.15) is 34.5 Å². The third kappa shape index (κ3) is 4.32. The second-order valence-corrected chi connectivity index (χ2v) is 7.59. The van der Waals surface area contributed by atoms with E-state index in [2.05, 4.69) is 4.98 Å². The van der Waals surface area contributed by atoms with Crippen molar-refractivity contribution in [2.24, 2.45) is 0 Å². The predicted molar refractivity (Wildman–Crippen MR) is 106 cm³/mol. The van der Waals surface area contributed by atoms with Crippen LogP contribution in [0.2, 0.25) is 0 Å². The minimum Gasteiger partial charge on any atom is -0.465 e. The SMILES string of the molecule is COC(=O)c1cc2c(Oc3ccc(COC4CCCCO4)cc3)cncc2s1. The van der Waals surface area contributed by atoms with Crippen LogP contribution in [0.5, 0.6) is 11.5 Å². The van der Waals surface area contributed by atoms with Crippen LogP contribution < -0.4 is 4.74 Å². The topological polar surface area (TPSA) is 66.9 Å². The van der Waals surface area contributed by atoms with Crippen molar-refractivity contribution < 1.29 is 23.7 Å². The number of esters is 1. The smallest absolute Gasteiger partial charge is 0.348 e. The Morgan fingerprint density at radius 3 is 2.86 bits per heavy atom. The maximum Gasteiger partial charge on any atom is 0.348 e. The van der Waals surface area contributed by atoms with E-state index in [4.69, 9.17) is 18.9 Å². The summed E-state index contributed by atoms with van der Waals surface area (Å²) in [5, 5.41) is 0.835. The second kappa shape index (κ2) is 8.68. The number of nitrogens with zero attached hydrogens (tertiary/aromatic N) is 1. The molecule has 1 atom stereocenters. The van der Waals surface area contributed by atoms with Gasteiger partial charge in [-0.05, 0) is 43.0 Å². The highest BCUT2D eigenvalue weighted by molar-refractivity contribution is 7.20. The van der Waals surface area contributed by atoms with E-state index in [0.29, 0.717) is 23.0 Å². The zero-order valence-corrected chi connectivity index (χ0v) is 16.4. The van der Waals surface area contributed by atoms with E-state index in [0.717, 1.165) is 41.5 Å². The Bertz CT molecular complexity index is 947. The van der Waals surface area contributed by atoms with Crippen molar-refractivity contribution in [2.75, 3.05) is 13.7 Å². The molecule has 1 fully saturated rings. The first-order chi connectivity index (χ1) is 13.7. The van der Waals surface area contributed by atoms with E-state index in [-0.39, 0.29) is 12.3 Å². The van der Waals surface area contributed by atoms with Gasteiger partial charge in [-0.15, -0.1) is 11.3 Å². The molecular weight excluding hydrogens is 378 g/mol. The minimum atomic E-state index is -0.363. The number of thiophene rings is 1. The molecule has 146 valence electrons. The van der Waals surface area contributed by atoms with Crippen molar-refractivity contribution in [2.45, 2.75) is 32.2 Å². The number of carbonyl (C=O) groups is 1. The Balaban J connectivity index is 1.44. The summed E-state index contributed by atoms with van der Waals surface area (Å²) in [6.45, 7) is 1.28. The highest BCUT2D eigenvalue weighted by Crippen LogP contribution is 2.34. The maximum absolute atomic E-state index is 11.8. The summed E-state index contributed by atoms with van der Waals surface area (Å²) in [6.07, 6.45) is 6.47. The van der Waals surface area contributed by atoms with Gasteiger partial charge in [-0.1, -0.05) is 12.1 Å². The molecule has 0 N–H and O–H groups in total. The average Bonchev–Trinajstić information content (AvgIpc) is 3.19. The highest BCUT2D eigenvalue weighted by Gasteiger charge is 2.15.